The van der Waals surface area contributed by atoms with Crippen LogP contribution in [0.15, 0.2) is 12.1 Å². The van der Waals surface area contributed by atoms with Crippen LogP contribution in [-0.4, -0.2) is 19.6 Å². The number of rotatable bonds is 4. The molecule has 2 rings (SSSR count). The van der Waals surface area contributed by atoms with Crippen molar-refractivity contribution in [3.8, 4) is 0 Å². The Morgan fingerprint density at radius 1 is 1.35 bits per heavy atom. The van der Waals surface area contributed by atoms with Gasteiger partial charge >= 0.3 is 0 Å². The molecule has 0 aromatic heterocycles. The first-order valence-corrected chi connectivity index (χ1v) is 7.81. The average Bonchev–Trinajstić information content (AvgIpc) is 2.42. The highest BCUT2D eigenvalue weighted by Gasteiger charge is 2.21. The van der Waals surface area contributed by atoms with Gasteiger partial charge in [0.2, 0.25) is 0 Å². The van der Waals surface area contributed by atoms with Gasteiger partial charge in [-0.2, -0.15) is 0 Å². The van der Waals surface area contributed by atoms with E-state index in [2.05, 4.69) is 31.0 Å². The van der Waals surface area contributed by atoms with E-state index in [1.165, 1.54) is 18.5 Å². The van der Waals surface area contributed by atoms with Crippen molar-refractivity contribution in [3.05, 3.63) is 29.1 Å². The van der Waals surface area contributed by atoms with Crippen LogP contribution in [-0.2, 0) is 0 Å². The molecule has 2 nitrogen and oxygen atoms in total. The largest absolute Gasteiger partial charge is 0.371 e. The summed E-state index contributed by atoms with van der Waals surface area (Å²) in [6.45, 7) is 11.4. The molecule has 0 aliphatic carbocycles. The molecule has 0 saturated carbocycles. The molecule has 0 amide bonds. The van der Waals surface area contributed by atoms with Gasteiger partial charge < -0.3 is 10.2 Å². The molecule has 112 valence electrons. The van der Waals surface area contributed by atoms with Crippen molar-refractivity contribution in [1.82, 2.24) is 5.32 Å². The Labute approximate surface area is 122 Å². The smallest absolute Gasteiger partial charge is 0.126 e. The number of piperidine rings is 1. The summed E-state index contributed by atoms with van der Waals surface area (Å²) >= 11 is 0. The number of hydrogen-bond acceptors (Lipinski definition) is 2. The average molecular weight is 278 g/mol. The van der Waals surface area contributed by atoms with Gasteiger partial charge in [0.25, 0.3) is 0 Å². The maximum absolute atomic E-state index is 13.9. The summed E-state index contributed by atoms with van der Waals surface area (Å²) in [6, 6.07) is 3.93. The quantitative estimate of drug-likeness (QED) is 0.894. The Balaban J connectivity index is 2.32. The second-order valence-corrected chi connectivity index (χ2v) is 6.11. The summed E-state index contributed by atoms with van der Waals surface area (Å²) in [7, 11) is 0. The minimum atomic E-state index is -0.0983. The first kappa shape index (κ1) is 15.3. The third-order valence-electron chi connectivity index (χ3n) is 4.41. The second-order valence-electron chi connectivity index (χ2n) is 6.11. The summed E-state index contributed by atoms with van der Waals surface area (Å²) in [4.78, 5) is 2.43. The normalized spacial score (nSPS) is 18.4. The maximum atomic E-state index is 13.9. The van der Waals surface area contributed by atoms with E-state index in [0.29, 0.717) is 0 Å². The lowest BCUT2D eigenvalue weighted by atomic mass is 9.96. The molecule has 1 atom stereocenters. The van der Waals surface area contributed by atoms with E-state index in [1.54, 1.807) is 6.07 Å². The molecule has 1 unspecified atom stereocenters. The predicted molar refractivity (Wildman–Crippen MR) is 83.8 cm³/mol. The lowest BCUT2D eigenvalue weighted by Crippen LogP contribution is -2.34. The number of nitrogens with zero attached hydrogens (tertiary/aromatic N) is 1. The highest BCUT2D eigenvalue weighted by Crippen LogP contribution is 2.32. The van der Waals surface area contributed by atoms with E-state index in [0.717, 1.165) is 36.7 Å². The van der Waals surface area contributed by atoms with Gasteiger partial charge in [-0.05, 0) is 62.4 Å². The molecule has 0 spiro atoms. The van der Waals surface area contributed by atoms with Crippen LogP contribution < -0.4 is 10.2 Å². The SMILES string of the molecule is CCNC(C)c1cc(F)c(C)cc1N1CCC(C)CC1. The first-order valence-electron chi connectivity index (χ1n) is 7.81. The molecular weight excluding hydrogens is 251 g/mol. The highest BCUT2D eigenvalue weighted by molar-refractivity contribution is 5.57. The van der Waals surface area contributed by atoms with Crippen LogP contribution >= 0.6 is 0 Å². The van der Waals surface area contributed by atoms with Gasteiger partial charge in [-0.25, -0.2) is 4.39 Å². The van der Waals surface area contributed by atoms with E-state index >= 15 is 0 Å². The van der Waals surface area contributed by atoms with E-state index in [4.69, 9.17) is 0 Å². The first-order chi connectivity index (χ1) is 9.52. The van der Waals surface area contributed by atoms with Crippen molar-refractivity contribution in [2.24, 2.45) is 5.92 Å². The summed E-state index contributed by atoms with van der Waals surface area (Å²) in [6.07, 6.45) is 2.46. The van der Waals surface area contributed by atoms with E-state index in [9.17, 15) is 4.39 Å². The number of nitrogens with one attached hydrogen (secondary N) is 1. The monoisotopic (exact) mass is 278 g/mol. The summed E-state index contributed by atoms with van der Waals surface area (Å²) in [5, 5.41) is 3.40. The fourth-order valence-corrected chi connectivity index (χ4v) is 2.97. The van der Waals surface area contributed by atoms with Crippen molar-refractivity contribution >= 4 is 5.69 Å². The van der Waals surface area contributed by atoms with Gasteiger partial charge in [0, 0.05) is 24.8 Å². The topological polar surface area (TPSA) is 15.3 Å². The van der Waals surface area contributed by atoms with Crippen LogP contribution in [0, 0.1) is 18.7 Å². The Kier molecular flexibility index (Phi) is 5.03. The van der Waals surface area contributed by atoms with Crippen molar-refractivity contribution in [2.45, 2.75) is 46.6 Å². The maximum Gasteiger partial charge on any atom is 0.126 e. The third-order valence-corrected chi connectivity index (χ3v) is 4.41. The molecule has 1 aliphatic heterocycles. The number of aryl methyl sites for hydroxylation is 1. The number of hydrogen-bond donors (Lipinski definition) is 1. The summed E-state index contributed by atoms with van der Waals surface area (Å²) < 4.78 is 13.9. The standard InChI is InChI=1S/C17H27FN2/c1-5-19-14(4)15-11-16(18)13(3)10-17(15)20-8-6-12(2)7-9-20/h10-12,14,19H,5-9H2,1-4H3. The Morgan fingerprint density at radius 2 is 2.00 bits per heavy atom. The number of anilines is 1. The van der Waals surface area contributed by atoms with Crippen LogP contribution in [0.25, 0.3) is 0 Å². The molecule has 20 heavy (non-hydrogen) atoms. The molecule has 1 aliphatic rings. The van der Waals surface area contributed by atoms with Gasteiger partial charge in [-0.3, -0.25) is 0 Å². The molecule has 1 N–H and O–H groups in total. The molecular formula is C17H27FN2. The van der Waals surface area contributed by atoms with Gasteiger partial charge in [0.1, 0.15) is 5.82 Å². The molecule has 1 aromatic carbocycles. The highest BCUT2D eigenvalue weighted by atomic mass is 19.1. The summed E-state index contributed by atoms with van der Waals surface area (Å²) in [5.74, 6) is 0.710. The zero-order valence-corrected chi connectivity index (χ0v) is 13.2. The van der Waals surface area contributed by atoms with Crippen molar-refractivity contribution in [2.75, 3.05) is 24.5 Å². The Hall–Kier alpha value is -1.09. The van der Waals surface area contributed by atoms with Gasteiger partial charge in [0.05, 0.1) is 0 Å². The fourth-order valence-electron chi connectivity index (χ4n) is 2.97. The van der Waals surface area contributed by atoms with Crippen LogP contribution in [0.4, 0.5) is 10.1 Å². The zero-order valence-electron chi connectivity index (χ0n) is 13.2. The van der Waals surface area contributed by atoms with Crippen molar-refractivity contribution in [1.29, 1.82) is 0 Å². The summed E-state index contributed by atoms with van der Waals surface area (Å²) in [5.41, 5.74) is 3.04. The van der Waals surface area contributed by atoms with E-state index in [-0.39, 0.29) is 11.9 Å². The zero-order chi connectivity index (χ0) is 14.7. The van der Waals surface area contributed by atoms with Crippen molar-refractivity contribution < 1.29 is 4.39 Å². The van der Waals surface area contributed by atoms with E-state index in [1.807, 2.05) is 13.0 Å². The molecule has 1 saturated heterocycles. The van der Waals surface area contributed by atoms with Crippen LogP contribution in [0.2, 0.25) is 0 Å². The molecule has 0 bridgehead atoms. The lowest BCUT2D eigenvalue weighted by molar-refractivity contribution is 0.436. The van der Waals surface area contributed by atoms with Crippen LogP contribution in [0.1, 0.15) is 50.8 Å². The molecule has 3 heteroatoms. The lowest BCUT2D eigenvalue weighted by Gasteiger charge is -2.35. The number of halogens is 1. The van der Waals surface area contributed by atoms with Gasteiger partial charge in [0.15, 0.2) is 0 Å². The molecule has 0 radical (unpaired) electrons. The minimum Gasteiger partial charge on any atom is -0.371 e. The predicted octanol–water partition coefficient (Wildman–Crippen LogP) is 4.04. The van der Waals surface area contributed by atoms with Gasteiger partial charge in [-0.1, -0.05) is 13.8 Å². The van der Waals surface area contributed by atoms with Gasteiger partial charge in [-0.15, -0.1) is 0 Å². The number of benzene rings is 1. The van der Waals surface area contributed by atoms with Crippen LogP contribution in [0.5, 0.6) is 0 Å². The Bertz CT molecular complexity index is 451. The van der Waals surface area contributed by atoms with E-state index < -0.39 is 0 Å². The molecule has 1 heterocycles. The minimum absolute atomic E-state index is 0.0983. The molecule has 1 fully saturated rings. The van der Waals surface area contributed by atoms with Crippen molar-refractivity contribution in [3.63, 3.8) is 0 Å². The fraction of sp³-hybridized carbons (Fsp3) is 0.647. The Morgan fingerprint density at radius 3 is 2.60 bits per heavy atom. The second kappa shape index (κ2) is 6.57. The molecule has 1 aromatic rings. The third kappa shape index (κ3) is 3.32. The van der Waals surface area contributed by atoms with Crippen LogP contribution in [0.3, 0.4) is 0 Å².